The average molecular weight is 313 g/mol. The maximum atomic E-state index is 12.5. The highest BCUT2D eigenvalue weighted by Gasteiger charge is 2.43. The number of rotatable bonds is 4. The summed E-state index contributed by atoms with van der Waals surface area (Å²) in [5.74, 6) is -2.93. The number of aliphatic carboxylic acids is 1. The first-order valence-electron chi connectivity index (χ1n) is 6.21. The molecule has 114 valence electrons. The van der Waals surface area contributed by atoms with Crippen LogP contribution in [-0.4, -0.2) is 44.4 Å². The molecule has 1 aliphatic heterocycles. The van der Waals surface area contributed by atoms with Gasteiger partial charge in [0.15, 0.2) is 5.25 Å². The van der Waals surface area contributed by atoms with Crippen LogP contribution in [0.4, 0.5) is 5.69 Å². The minimum Gasteiger partial charge on any atom is -0.481 e. The van der Waals surface area contributed by atoms with Gasteiger partial charge in [0, 0.05) is 0 Å². The van der Waals surface area contributed by atoms with Crippen LogP contribution in [0.1, 0.15) is 18.4 Å². The van der Waals surface area contributed by atoms with E-state index in [9.17, 15) is 23.1 Å². The zero-order valence-corrected chi connectivity index (χ0v) is 12.3. The first-order chi connectivity index (χ1) is 9.80. The Labute approximate surface area is 122 Å². The van der Waals surface area contributed by atoms with Gasteiger partial charge in [-0.1, -0.05) is 18.2 Å². The van der Waals surface area contributed by atoms with Gasteiger partial charge in [0.05, 0.1) is 19.3 Å². The van der Waals surface area contributed by atoms with Crippen molar-refractivity contribution in [3.63, 3.8) is 0 Å². The van der Waals surface area contributed by atoms with Crippen LogP contribution in [0.3, 0.4) is 0 Å². The lowest BCUT2D eigenvalue weighted by Gasteiger charge is -2.22. The molecule has 0 saturated heterocycles. The van der Waals surface area contributed by atoms with Crippen molar-refractivity contribution in [3.8, 4) is 0 Å². The third kappa shape index (κ3) is 2.46. The molecule has 0 fully saturated rings. The molecule has 8 heteroatoms. The number of sulfonamides is 1. The van der Waals surface area contributed by atoms with Gasteiger partial charge in [0.2, 0.25) is 10.0 Å². The van der Waals surface area contributed by atoms with Crippen LogP contribution in [0, 0.1) is 0 Å². The van der Waals surface area contributed by atoms with Crippen molar-refractivity contribution in [1.29, 1.82) is 0 Å². The fourth-order valence-electron chi connectivity index (χ4n) is 2.30. The van der Waals surface area contributed by atoms with Crippen LogP contribution in [0.2, 0.25) is 0 Å². The van der Waals surface area contributed by atoms with Crippen molar-refractivity contribution >= 4 is 27.6 Å². The Hall–Kier alpha value is -2.09. The molecule has 21 heavy (non-hydrogen) atoms. The molecule has 0 bridgehead atoms. The Kier molecular flexibility index (Phi) is 3.91. The first-order valence-corrected chi connectivity index (χ1v) is 7.72. The number of para-hydroxylation sites is 1. The monoisotopic (exact) mass is 313 g/mol. The molecule has 0 spiro atoms. The third-order valence-electron chi connectivity index (χ3n) is 3.51. The summed E-state index contributed by atoms with van der Waals surface area (Å²) in [5.41, 5.74) is 0.714. The van der Waals surface area contributed by atoms with Crippen molar-refractivity contribution < 1.29 is 27.9 Å². The Morgan fingerprint density at radius 2 is 2.00 bits per heavy atom. The Balaban J connectivity index is 2.47. The normalized spacial score (nSPS) is 19.0. The number of methoxy groups -OCH3 is 1. The molecule has 2 atom stereocenters. The van der Waals surface area contributed by atoms with E-state index in [0.717, 1.165) is 11.4 Å². The molecule has 1 aromatic carbocycles. The number of nitrogens with zero attached hydrogens (tertiary/aromatic N) is 1. The van der Waals surface area contributed by atoms with Crippen LogP contribution >= 0.6 is 0 Å². The summed E-state index contributed by atoms with van der Waals surface area (Å²) in [4.78, 5) is 22.8. The molecule has 1 heterocycles. The van der Waals surface area contributed by atoms with Crippen LogP contribution in [0.25, 0.3) is 0 Å². The molecular weight excluding hydrogens is 298 g/mol. The highest BCUT2D eigenvalue weighted by Crippen LogP contribution is 2.38. The summed E-state index contributed by atoms with van der Waals surface area (Å²) >= 11 is 0. The summed E-state index contributed by atoms with van der Waals surface area (Å²) < 4.78 is 30.4. The molecule has 0 radical (unpaired) electrons. The molecule has 1 N–H and O–H groups in total. The van der Waals surface area contributed by atoms with Crippen LogP contribution in [0.15, 0.2) is 24.3 Å². The van der Waals surface area contributed by atoms with E-state index in [4.69, 9.17) is 0 Å². The number of fused-ring (bicyclic) bond motifs is 1. The third-order valence-corrected chi connectivity index (χ3v) is 5.56. The molecule has 2 rings (SSSR count). The van der Waals surface area contributed by atoms with Crippen molar-refractivity contribution in [2.45, 2.75) is 18.1 Å². The summed E-state index contributed by atoms with van der Waals surface area (Å²) in [7, 11) is -2.93. The lowest BCUT2D eigenvalue weighted by atomic mass is 10.0. The molecule has 0 amide bonds. The maximum Gasteiger partial charge on any atom is 0.325 e. The number of carboxylic acid groups (broad SMARTS) is 1. The minimum absolute atomic E-state index is 0.224. The Bertz CT molecular complexity index is 684. The largest absolute Gasteiger partial charge is 0.481 e. The quantitative estimate of drug-likeness (QED) is 0.815. The van der Waals surface area contributed by atoms with E-state index in [0.29, 0.717) is 11.3 Å². The van der Waals surface area contributed by atoms with E-state index in [-0.39, 0.29) is 6.54 Å². The SMILES string of the molecule is COC(=O)C(C)S(=O)(=O)N1CC(C(=O)O)c2ccccc21. The average Bonchev–Trinajstić information content (AvgIpc) is 2.86. The van der Waals surface area contributed by atoms with Gasteiger partial charge in [-0.3, -0.25) is 13.9 Å². The number of carboxylic acids is 1. The number of esters is 1. The topological polar surface area (TPSA) is 101 Å². The van der Waals surface area contributed by atoms with Crippen molar-refractivity contribution in [3.05, 3.63) is 29.8 Å². The highest BCUT2D eigenvalue weighted by molar-refractivity contribution is 7.94. The molecule has 2 unspecified atom stereocenters. The van der Waals surface area contributed by atoms with Gasteiger partial charge in [-0.05, 0) is 18.6 Å². The molecule has 0 saturated carbocycles. The van der Waals surface area contributed by atoms with E-state index in [1.165, 1.54) is 13.0 Å². The fourth-order valence-corrected chi connectivity index (χ4v) is 3.82. The number of ether oxygens (including phenoxy) is 1. The number of carbonyl (C=O) groups is 2. The standard InChI is InChI=1S/C13H15NO6S/c1-8(13(17)20-2)21(18,19)14-7-10(12(15)16)9-5-3-4-6-11(9)14/h3-6,8,10H,7H2,1-2H3,(H,15,16). The van der Waals surface area contributed by atoms with Gasteiger partial charge in [0.1, 0.15) is 5.92 Å². The van der Waals surface area contributed by atoms with E-state index in [1.807, 2.05) is 0 Å². The number of anilines is 1. The van der Waals surface area contributed by atoms with Gasteiger partial charge in [-0.2, -0.15) is 0 Å². The lowest BCUT2D eigenvalue weighted by Crippen LogP contribution is -2.41. The molecule has 1 aliphatic rings. The maximum absolute atomic E-state index is 12.5. The highest BCUT2D eigenvalue weighted by atomic mass is 32.2. The van der Waals surface area contributed by atoms with Gasteiger partial charge in [0.25, 0.3) is 0 Å². The molecule has 7 nitrogen and oxygen atoms in total. The zero-order chi connectivity index (χ0) is 15.8. The van der Waals surface area contributed by atoms with Crippen LogP contribution in [0.5, 0.6) is 0 Å². The van der Waals surface area contributed by atoms with Gasteiger partial charge < -0.3 is 9.84 Å². The van der Waals surface area contributed by atoms with E-state index in [2.05, 4.69) is 4.74 Å². The second-order valence-corrected chi connectivity index (χ2v) is 6.87. The number of carbonyl (C=O) groups excluding carboxylic acids is 1. The smallest absolute Gasteiger partial charge is 0.325 e. The molecule has 0 aromatic heterocycles. The first kappa shape index (κ1) is 15.3. The number of benzene rings is 1. The number of hydrogen-bond donors (Lipinski definition) is 1. The van der Waals surface area contributed by atoms with E-state index < -0.39 is 33.1 Å². The van der Waals surface area contributed by atoms with E-state index >= 15 is 0 Å². The predicted octanol–water partition coefficient (Wildman–Crippen LogP) is 0.566. The number of hydrogen-bond acceptors (Lipinski definition) is 5. The van der Waals surface area contributed by atoms with Gasteiger partial charge >= 0.3 is 11.9 Å². The van der Waals surface area contributed by atoms with Crippen molar-refractivity contribution in [2.24, 2.45) is 0 Å². The fraction of sp³-hybridized carbons (Fsp3) is 0.385. The summed E-state index contributed by atoms with van der Waals surface area (Å²) in [6.07, 6.45) is 0. The lowest BCUT2D eigenvalue weighted by molar-refractivity contribution is -0.140. The zero-order valence-electron chi connectivity index (χ0n) is 11.5. The van der Waals surface area contributed by atoms with E-state index in [1.54, 1.807) is 18.2 Å². The molecule has 1 aromatic rings. The van der Waals surface area contributed by atoms with Crippen molar-refractivity contribution in [1.82, 2.24) is 0 Å². The minimum atomic E-state index is -4.03. The summed E-state index contributed by atoms with van der Waals surface area (Å²) in [5, 5.41) is 7.82. The Morgan fingerprint density at radius 1 is 1.38 bits per heavy atom. The predicted molar refractivity (Wildman–Crippen MR) is 74.6 cm³/mol. The second kappa shape index (κ2) is 5.36. The van der Waals surface area contributed by atoms with Gasteiger partial charge in [-0.15, -0.1) is 0 Å². The van der Waals surface area contributed by atoms with Crippen LogP contribution in [-0.2, 0) is 24.3 Å². The van der Waals surface area contributed by atoms with Crippen molar-refractivity contribution in [2.75, 3.05) is 18.0 Å². The summed E-state index contributed by atoms with van der Waals surface area (Å²) in [6, 6.07) is 6.37. The molecule has 0 aliphatic carbocycles. The Morgan fingerprint density at radius 3 is 2.57 bits per heavy atom. The van der Waals surface area contributed by atoms with Crippen LogP contribution < -0.4 is 4.31 Å². The summed E-state index contributed by atoms with van der Waals surface area (Å²) in [6.45, 7) is 0.996. The second-order valence-electron chi connectivity index (χ2n) is 4.69. The van der Waals surface area contributed by atoms with Gasteiger partial charge in [-0.25, -0.2) is 8.42 Å². The molecular formula is C13H15NO6S.